The summed E-state index contributed by atoms with van der Waals surface area (Å²) in [5.41, 5.74) is 6.26. The summed E-state index contributed by atoms with van der Waals surface area (Å²) in [6, 6.07) is 2.18. The van der Waals surface area contributed by atoms with E-state index >= 15 is 0 Å². The number of pyridine rings is 1. The molecule has 2 N–H and O–H groups in total. The van der Waals surface area contributed by atoms with Crippen LogP contribution in [0.1, 0.15) is 16.8 Å². The Labute approximate surface area is 111 Å². The van der Waals surface area contributed by atoms with Crippen LogP contribution in [0.15, 0.2) is 18.5 Å². The number of fused-ring (bicyclic) bond motifs is 5. The summed E-state index contributed by atoms with van der Waals surface area (Å²) in [7, 11) is 0. The van der Waals surface area contributed by atoms with Crippen molar-refractivity contribution in [1.29, 1.82) is 0 Å². The Hall–Kier alpha value is -1.72. The number of nitrogens with one attached hydrogen (secondary N) is 1. The molecular weight excluding hydrogens is 240 g/mol. The average Bonchev–Trinajstić information content (AvgIpc) is 2.85. The number of aryl methyl sites for hydroxylation is 1. The highest BCUT2D eigenvalue weighted by molar-refractivity contribution is 5.69. The largest absolute Gasteiger partial charge is 0.395 e. The molecule has 2 aromatic rings. The number of aromatic nitrogens is 3. The molecule has 1 atom stereocenters. The van der Waals surface area contributed by atoms with Crippen molar-refractivity contribution < 1.29 is 5.11 Å². The van der Waals surface area contributed by atoms with Crippen LogP contribution in [0.25, 0.3) is 11.3 Å². The Kier molecular flexibility index (Phi) is 2.43. The van der Waals surface area contributed by atoms with Crippen LogP contribution in [0.3, 0.4) is 0 Å². The van der Waals surface area contributed by atoms with E-state index in [-0.39, 0.29) is 12.6 Å². The highest BCUT2D eigenvalue weighted by Crippen LogP contribution is 2.34. The summed E-state index contributed by atoms with van der Waals surface area (Å²) in [6.07, 6.45) is 5.86. The van der Waals surface area contributed by atoms with Crippen LogP contribution in [0, 0.1) is 0 Å². The van der Waals surface area contributed by atoms with Gasteiger partial charge in [0.1, 0.15) is 0 Å². The van der Waals surface area contributed by atoms with Crippen molar-refractivity contribution in [3.63, 3.8) is 0 Å². The molecule has 0 amide bonds. The molecule has 19 heavy (non-hydrogen) atoms. The lowest BCUT2D eigenvalue weighted by Gasteiger charge is -2.24. The molecule has 1 aliphatic carbocycles. The van der Waals surface area contributed by atoms with Crippen molar-refractivity contribution in [2.75, 3.05) is 6.61 Å². The third-order valence-corrected chi connectivity index (χ3v) is 4.14. The minimum atomic E-state index is 0.116. The molecule has 0 saturated carbocycles. The fourth-order valence-corrected chi connectivity index (χ4v) is 3.12. The van der Waals surface area contributed by atoms with Gasteiger partial charge in [-0.05, 0) is 24.5 Å². The number of nitrogens with zero attached hydrogens (tertiary/aromatic N) is 3. The molecule has 2 aromatic heterocycles. The summed E-state index contributed by atoms with van der Waals surface area (Å²) in [4.78, 5) is 4.20. The molecule has 3 heterocycles. The molecule has 1 unspecified atom stereocenters. The Bertz CT molecular complexity index is 634. The second-order valence-electron chi connectivity index (χ2n) is 5.25. The second-order valence-corrected chi connectivity index (χ2v) is 5.25. The van der Waals surface area contributed by atoms with Gasteiger partial charge in [-0.1, -0.05) is 0 Å². The van der Waals surface area contributed by atoms with Crippen LogP contribution < -0.4 is 5.32 Å². The van der Waals surface area contributed by atoms with Crippen LogP contribution in [0.4, 0.5) is 0 Å². The molecule has 0 aromatic carbocycles. The fraction of sp³-hybridized carbons (Fsp3) is 0.429. The van der Waals surface area contributed by atoms with Crippen molar-refractivity contribution in [2.24, 2.45) is 0 Å². The number of aliphatic hydroxyl groups is 1. The highest BCUT2D eigenvalue weighted by atomic mass is 16.3. The van der Waals surface area contributed by atoms with Gasteiger partial charge < -0.3 is 10.4 Å². The molecule has 0 spiro atoms. The number of aliphatic hydroxyl groups excluding tert-OH is 1. The molecule has 0 fully saturated rings. The lowest BCUT2D eigenvalue weighted by molar-refractivity contribution is 0.210. The maximum absolute atomic E-state index is 9.27. The zero-order valence-electron chi connectivity index (χ0n) is 10.6. The summed E-state index contributed by atoms with van der Waals surface area (Å²) in [5.74, 6) is 0. The number of rotatable bonds is 1. The van der Waals surface area contributed by atoms with Crippen LogP contribution >= 0.6 is 0 Å². The molecule has 0 bridgehead atoms. The fourth-order valence-electron chi connectivity index (χ4n) is 3.12. The maximum atomic E-state index is 9.27. The number of hydrogen-bond donors (Lipinski definition) is 2. The standard InChI is InChI=1S/C14H16N4O/c19-8-10-7-18-13(6-16-10)12-2-1-9-5-15-4-3-11(9)14(12)17-18/h3-5,10,16,19H,1-2,6-8H2. The summed E-state index contributed by atoms with van der Waals surface area (Å²) < 4.78 is 2.07. The Morgan fingerprint density at radius 3 is 3.26 bits per heavy atom. The molecule has 2 aliphatic rings. The van der Waals surface area contributed by atoms with E-state index < -0.39 is 0 Å². The topological polar surface area (TPSA) is 63.0 Å². The first-order chi connectivity index (χ1) is 9.36. The van der Waals surface area contributed by atoms with E-state index in [0.29, 0.717) is 0 Å². The first-order valence-corrected chi connectivity index (χ1v) is 6.73. The first kappa shape index (κ1) is 11.1. The van der Waals surface area contributed by atoms with Gasteiger partial charge in [0.05, 0.1) is 30.6 Å². The molecule has 5 nitrogen and oxygen atoms in total. The number of hydrogen-bond acceptors (Lipinski definition) is 4. The summed E-state index contributed by atoms with van der Waals surface area (Å²) in [6.45, 7) is 1.71. The molecular formula is C14H16N4O. The van der Waals surface area contributed by atoms with Crippen molar-refractivity contribution in [2.45, 2.75) is 32.0 Å². The van der Waals surface area contributed by atoms with E-state index in [0.717, 1.165) is 31.6 Å². The minimum absolute atomic E-state index is 0.116. The maximum Gasteiger partial charge on any atom is 0.0962 e. The lowest BCUT2D eigenvalue weighted by atomic mass is 9.90. The average molecular weight is 256 g/mol. The predicted molar refractivity (Wildman–Crippen MR) is 70.6 cm³/mol. The minimum Gasteiger partial charge on any atom is -0.395 e. The van der Waals surface area contributed by atoms with Gasteiger partial charge in [-0.2, -0.15) is 5.10 Å². The smallest absolute Gasteiger partial charge is 0.0962 e. The SMILES string of the molecule is OCC1Cn2nc3c(c2CN1)CCc1cnccc1-3. The van der Waals surface area contributed by atoms with Crippen molar-refractivity contribution in [1.82, 2.24) is 20.1 Å². The second kappa shape index (κ2) is 4.15. The molecule has 0 radical (unpaired) electrons. The van der Waals surface area contributed by atoms with Gasteiger partial charge in [0.15, 0.2) is 0 Å². The van der Waals surface area contributed by atoms with Gasteiger partial charge in [0.25, 0.3) is 0 Å². The third-order valence-electron chi connectivity index (χ3n) is 4.14. The van der Waals surface area contributed by atoms with E-state index in [2.05, 4.69) is 21.0 Å². The normalized spacial score (nSPS) is 20.6. The van der Waals surface area contributed by atoms with Gasteiger partial charge in [-0.25, -0.2) is 0 Å². The van der Waals surface area contributed by atoms with E-state index in [9.17, 15) is 5.11 Å². The monoisotopic (exact) mass is 256 g/mol. The molecule has 0 saturated heterocycles. The third kappa shape index (κ3) is 1.62. The van der Waals surface area contributed by atoms with Crippen LogP contribution in [-0.4, -0.2) is 32.5 Å². The quantitative estimate of drug-likeness (QED) is 0.780. The summed E-state index contributed by atoms with van der Waals surface area (Å²) in [5, 5.41) is 17.4. The van der Waals surface area contributed by atoms with E-state index in [1.807, 2.05) is 12.4 Å². The Balaban J connectivity index is 1.84. The highest BCUT2D eigenvalue weighted by Gasteiger charge is 2.28. The molecule has 98 valence electrons. The lowest BCUT2D eigenvalue weighted by Crippen LogP contribution is -2.41. The first-order valence-electron chi connectivity index (χ1n) is 6.73. The zero-order chi connectivity index (χ0) is 12.8. The van der Waals surface area contributed by atoms with E-state index in [1.165, 1.54) is 22.4 Å². The van der Waals surface area contributed by atoms with E-state index in [4.69, 9.17) is 5.10 Å². The zero-order valence-corrected chi connectivity index (χ0v) is 10.6. The van der Waals surface area contributed by atoms with Crippen LogP contribution in [-0.2, 0) is 25.9 Å². The van der Waals surface area contributed by atoms with Gasteiger partial charge in [-0.15, -0.1) is 0 Å². The van der Waals surface area contributed by atoms with Crippen molar-refractivity contribution >= 4 is 0 Å². The van der Waals surface area contributed by atoms with Crippen LogP contribution in [0.5, 0.6) is 0 Å². The van der Waals surface area contributed by atoms with Crippen molar-refractivity contribution in [3.8, 4) is 11.3 Å². The Morgan fingerprint density at radius 2 is 2.37 bits per heavy atom. The van der Waals surface area contributed by atoms with Crippen LogP contribution in [0.2, 0.25) is 0 Å². The molecule has 5 heteroatoms. The summed E-state index contributed by atoms with van der Waals surface area (Å²) >= 11 is 0. The predicted octanol–water partition coefficient (Wildman–Crippen LogP) is 0.508. The van der Waals surface area contributed by atoms with Gasteiger partial charge in [0.2, 0.25) is 0 Å². The van der Waals surface area contributed by atoms with Gasteiger partial charge in [0, 0.05) is 30.1 Å². The Morgan fingerprint density at radius 1 is 1.42 bits per heavy atom. The van der Waals surface area contributed by atoms with Crippen molar-refractivity contribution in [3.05, 3.63) is 35.3 Å². The van der Waals surface area contributed by atoms with E-state index in [1.54, 1.807) is 0 Å². The van der Waals surface area contributed by atoms with Gasteiger partial charge in [-0.3, -0.25) is 9.67 Å². The molecule has 1 aliphatic heterocycles. The van der Waals surface area contributed by atoms with Gasteiger partial charge >= 0.3 is 0 Å². The molecule has 4 rings (SSSR count).